The Labute approximate surface area is 383 Å². The Bertz CT molecular complexity index is 1600. The molecule has 64 heavy (non-hydrogen) atoms. The van der Waals surface area contributed by atoms with Crippen LogP contribution in [0.4, 0.5) is 0 Å². The monoisotopic (exact) mass is 912 g/mol. The first-order valence-electron chi connectivity index (χ1n) is 23.5. The Morgan fingerprint density at radius 2 is 1.58 bits per heavy atom. The van der Waals surface area contributed by atoms with Crippen LogP contribution in [0.25, 0.3) is 0 Å². The quantitative estimate of drug-likeness (QED) is 0.116. The summed E-state index contributed by atoms with van der Waals surface area (Å²) in [6.07, 6.45) is -6.28. The van der Waals surface area contributed by atoms with E-state index in [9.17, 15) is 25.2 Å². The molecule has 0 radical (unpaired) electrons. The second kappa shape index (κ2) is 22.7. The van der Waals surface area contributed by atoms with Gasteiger partial charge < -0.3 is 73.9 Å². The molecule has 16 heteroatoms. The number of methoxy groups -OCH3 is 2. The van der Waals surface area contributed by atoms with Crippen LogP contribution in [0, 0.1) is 17.8 Å². The molecule has 0 unspecified atom stereocenters. The molecule has 1 aromatic rings. The van der Waals surface area contributed by atoms with E-state index < -0.39 is 95.5 Å². The number of esters is 1. The molecule has 3 fully saturated rings. The van der Waals surface area contributed by atoms with Gasteiger partial charge in [0.25, 0.3) is 0 Å². The summed E-state index contributed by atoms with van der Waals surface area (Å²) in [7, 11) is 7.08. The van der Waals surface area contributed by atoms with E-state index in [4.69, 9.17) is 37.9 Å². The van der Waals surface area contributed by atoms with Gasteiger partial charge in [-0.2, -0.15) is 0 Å². The average Bonchev–Trinajstić information content (AvgIpc) is 3.24. The van der Waals surface area contributed by atoms with Gasteiger partial charge >= 0.3 is 5.97 Å². The third-order valence-electron chi connectivity index (χ3n) is 14.3. The zero-order valence-electron chi connectivity index (χ0n) is 41.5. The van der Waals surface area contributed by atoms with E-state index in [2.05, 4.69) is 15.5 Å². The number of para-hydroxylation sites is 2. The summed E-state index contributed by atoms with van der Waals surface area (Å²) in [4.78, 5) is 16.7. The van der Waals surface area contributed by atoms with Crippen LogP contribution in [0.1, 0.15) is 108 Å². The van der Waals surface area contributed by atoms with Gasteiger partial charge in [-0.1, -0.05) is 39.8 Å². The van der Waals surface area contributed by atoms with Crippen LogP contribution < -0.4 is 20.1 Å². The number of hydrogen-bond donors (Lipinski definition) is 6. The number of cyclic esters (lactones) is 1. The number of nitrogens with zero attached hydrogens (tertiary/aromatic N) is 1. The molecule has 3 aliphatic rings. The van der Waals surface area contributed by atoms with E-state index in [0.29, 0.717) is 31.0 Å². The maximum absolute atomic E-state index is 14.6. The average molecular weight is 912 g/mol. The van der Waals surface area contributed by atoms with Gasteiger partial charge in [0, 0.05) is 32.0 Å². The first-order chi connectivity index (χ1) is 29.9. The Morgan fingerprint density at radius 1 is 0.922 bits per heavy atom. The van der Waals surface area contributed by atoms with Gasteiger partial charge in [0.05, 0.1) is 49.1 Å². The minimum absolute atomic E-state index is 0.0900. The predicted octanol–water partition coefficient (Wildman–Crippen LogP) is 4.02. The Hall–Kier alpha value is -2.19. The Morgan fingerprint density at radius 3 is 2.17 bits per heavy atom. The molecule has 4 rings (SSSR count). The minimum Gasteiger partial charge on any atom is -0.493 e. The van der Waals surface area contributed by atoms with E-state index in [1.54, 1.807) is 48.8 Å². The number of benzene rings is 1. The minimum atomic E-state index is -1.83. The lowest BCUT2D eigenvalue weighted by Crippen LogP contribution is -2.70. The number of ether oxygens (including phenoxy) is 8. The van der Waals surface area contributed by atoms with Crippen LogP contribution in [0.3, 0.4) is 0 Å². The summed E-state index contributed by atoms with van der Waals surface area (Å²) in [5, 5.41) is 55.1. The largest absolute Gasteiger partial charge is 0.493 e. The molecule has 370 valence electrons. The molecule has 3 saturated heterocycles. The molecule has 0 bridgehead atoms. The van der Waals surface area contributed by atoms with Crippen molar-refractivity contribution in [3.63, 3.8) is 0 Å². The topological polar surface area (TPSA) is 199 Å². The number of likely N-dealkylation sites (N-methyl/N-ethyl adjacent to an activating group) is 1. The second-order valence-corrected chi connectivity index (χ2v) is 19.9. The number of carbonyl (C=O) groups excluding carboxylic acids is 1. The second-order valence-electron chi connectivity index (χ2n) is 19.9. The lowest BCUT2D eigenvalue weighted by molar-refractivity contribution is -0.335. The molecular weight excluding hydrogens is 827 g/mol. The van der Waals surface area contributed by atoms with Gasteiger partial charge in [-0.05, 0) is 119 Å². The highest BCUT2D eigenvalue weighted by molar-refractivity contribution is 5.73. The summed E-state index contributed by atoms with van der Waals surface area (Å²) in [6.45, 7) is 21.2. The van der Waals surface area contributed by atoms with E-state index in [1.165, 1.54) is 6.92 Å². The lowest BCUT2D eigenvalue weighted by Gasteiger charge is -2.53. The fourth-order valence-corrected chi connectivity index (χ4v) is 10.2. The molecule has 3 heterocycles. The third-order valence-corrected chi connectivity index (χ3v) is 14.3. The number of aliphatic hydroxyl groups is 4. The predicted molar refractivity (Wildman–Crippen MR) is 243 cm³/mol. The van der Waals surface area contributed by atoms with Crippen molar-refractivity contribution in [2.45, 2.75) is 198 Å². The van der Waals surface area contributed by atoms with Crippen LogP contribution >= 0.6 is 0 Å². The van der Waals surface area contributed by atoms with Crippen LogP contribution in [0.15, 0.2) is 24.3 Å². The van der Waals surface area contributed by atoms with Crippen LogP contribution in [-0.4, -0.2) is 169 Å². The van der Waals surface area contributed by atoms with Crippen LogP contribution in [0.5, 0.6) is 11.5 Å². The molecule has 0 spiro atoms. The van der Waals surface area contributed by atoms with E-state index >= 15 is 0 Å². The van der Waals surface area contributed by atoms with Crippen molar-refractivity contribution in [3.05, 3.63) is 24.3 Å². The standard InChI is InChI=1S/C48H85N3O13/c1-16-22-49-27-48(56)33(8)60-38(25-46(48,10)58-15)63-39-30(5)42(64-44-40(34(51(12)13)23-29(4)59-44)61-36-21-19-18-20-35(36)57-14)45(9,54)24-28(3)26-50-32(7)41(52)47(11,55)37(17-2)62-43(53)31(39)6/h18-21,28-34,37-42,44,49-50,52,54-56H,16-17,22-27H2,1-15H3/t28-,29-,30+,31-,32-,33+,34+,37-,38+,39+,40-,41-,42-,44+,45-,46-,47-,48+/m1/s1. The molecule has 0 amide bonds. The van der Waals surface area contributed by atoms with Crippen molar-refractivity contribution in [1.82, 2.24) is 15.5 Å². The number of aliphatic hydroxyl groups excluding tert-OH is 1. The molecule has 0 aliphatic carbocycles. The summed E-state index contributed by atoms with van der Waals surface area (Å²) in [6, 6.07) is 6.58. The number of nitrogens with one attached hydrogen (secondary N) is 2. The maximum Gasteiger partial charge on any atom is 0.311 e. The van der Waals surface area contributed by atoms with E-state index in [-0.39, 0.29) is 43.9 Å². The number of rotatable bonds is 14. The molecule has 1 aromatic carbocycles. The van der Waals surface area contributed by atoms with Gasteiger partial charge in [0.2, 0.25) is 0 Å². The van der Waals surface area contributed by atoms with Gasteiger partial charge in [-0.3, -0.25) is 4.79 Å². The zero-order chi connectivity index (χ0) is 47.9. The van der Waals surface area contributed by atoms with Crippen LogP contribution in [-0.2, 0) is 33.2 Å². The molecule has 6 N–H and O–H groups in total. The molecule has 16 nitrogen and oxygen atoms in total. The van der Waals surface area contributed by atoms with Gasteiger partial charge in [0.1, 0.15) is 29.0 Å². The molecule has 3 aliphatic heterocycles. The smallest absolute Gasteiger partial charge is 0.311 e. The van der Waals surface area contributed by atoms with E-state index in [0.717, 1.165) is 6.42 Å². The Balaban J connectivity index is 1.87. The molecule has 0 saturated carbocycles. The first kappa shape index (κ1) is 54.4. The lowest BCUT2D eigenvalue weighted by atomic mass is 9.75. The molecular formula is C48H85N3O13. The summed E-state index contributed by atoms with van der Waals surface area (Å²) >= 11 is 0. The van der Waals surface area contributed by atoms with Crippen molar-refractivity contribution in [1.29, 1.82) is 0 Å². The summed E-state index contributed by atoms with van der Waals surface area (Å²) < 4.78 is 52.0. The normalized spacial score (nSPS) is 43.2. The van der Waals surface area contributed by atoms with Crippen molar-refractivity contribution in [2.75, 3.05) is 47.9 Å². The van der Waals surface area contributed by atoms with Crippen molar-refractivity contribution < 1.29 is 63.1 Å². The highest BCUT2D eigenvalue weighted by Crippen LogP contribution is 2.44. The fraction of sp³-hybridized carbons (Fsp3) is 0.854. The maximum atomic E-state index is 14.6. The molecule has 0 aromatic heterocycles. The fourth-order valence-electron chi connectivity index (χ4n) is 10.2. The molecule has 18 atom stereocenters. The van der Waals surface area contributed by atoms with Crippen molar-refractivity contribution in [2.24, 2.45) is 17.8 Å². The SMILES string of the molecule is CCCNC[C@]1(O)[C@H](C)O[C@@H](O[C@H]2[C@H](C)[C@@H](O[C@@H]3O[C@H](C)C[C@H](N(C)C)[C@H]3Oc3ccccc3OC)[C@](C)(O)C[C@@H](C)CN[C@H](C)[C@@H](O)[C@](C)(O)[C@@H](CC)OC(=O)[C@@H]2C)C[C@@]1(C)OC. The number of carbonyl (C=O) groups is 1. The highest BCUT2D eigenvalue weighted by Gasteiger charge is 2.58. The van der Waals surface area contributed by atoms with Crippen molar-refractivity contribution >= 4 is 5.97 Å². The first-order valence-corrected chi connectivity index (χ1v) is 23.5. The Kier molecular flexibility index (Phi) is 19.3. The van der Waals surface area contributed by atoms with Gasteiger partial charge in [-0.15, -0.1) is 0 Å². The highest BCUT2D eigenvalue weighted by atomic mass is 16.7. The number of hydrogen-bond acceptors (Lipinski definition) is 16. The van der Waals surface area contributed by atoms with Gasteiger partial charge in [0.15, 0.2) is 30.2 Å². The van der Waals surface area contributed by atoms with Gasteiger partial charge in [-0.25, -0.2) is 0 Å². The third kappa shape index (κ3) is 12.3. The summed E-state index contributed by atoms with van der Waals surface area (Å²) in [5.41, 5.74) is -6.01. The van der Waals surface area contributed by atoms with E-state index in [1.807, 2.05) is 73.0 Å². The van der Waals surface area contributed by atoms with Crippen molar-refractivity contribution in [3.8, 4) is 11.5 Å². The zero-order valence-corrected chi connectivity index (χ0v) is 41.5. The van der Waals surface area contributed by atoms with Crippen LogP contribution in [0.2, 0.25) is 0 Å². The summed E-state index contributed by atoms with van der Waals surface area (Å²) in [5.74, 6) is -1.66.